The first kappa shape index (κ1) is 11.7. The van der Waals surface area contributed by atoms with Crippen LogP contribution in [-0.4, -0.2) is 26.7 Å². The Kier molecular flexibility index (Phi) is 3.16. The highest BCUT2D eigenvalue weighted by Crippen LogP contribution is 2.21. The lowest BCUT2D eigenvalue weighted by atomic mass is 10.2. The Morgan fingerprint density at radius 3 is 2.74 bits per heavy atom. The van der Waals surface area contributed by atoms with Crippen LogP contribution in [0.2, 0.25) is 0 Å². The van der Waals surface area contributed by atoms with E-state index in [1.807, 2.05) is 18.2 Å². The molecule has 19 heavy (non-hydrogen) atoms. The van der Waals surface area contributed by atoms with Crippen LogP contribution in [0.5, 0.6) is 0 Å². The predicted octanol–water partition coefficient (Wildman–Crippen LogP) is 1.57. The van der Waals surface area contributed by atoms with E-state index in [9.17, 15) is 0 Å². The van der Waals surface area contributed by atoms with Gasteiger partial charge in [-0.05, 0) is 31.2 Å². The highest BCUT2D eigenvalue weighted by molar-refractivity contribution is 5.78. The van der Waals surface area contributed by atoms with Crippen molar-refractivity contribution < 1.29 is 4.42 Å². The van der Waals surface area contributed by atoms with Crippen molar-refractivity contribution in [3.05, 3.63) is 36.5 Å². The molecule has 0 aliphatic carbocycles. The number of benzene rings is 1. The van der Waals surface area contributed by atoms with Crippen molar-refractivity contribution in [1.29, 1.82) is 0 Å². The van der Waals surface area contributed by atoms with Crippen molar-refractivity contribution in [2.24, 2.45) is 5.73 Å². The Morgan fingerprint density at radius 1 is 1.05 bits per heavy atom. The van der Waals surface area contributed by atoms with Crippen molar-refractivity contribution in [2.45, 2.75) is 12.8 Å². The summed E-state index contributed by atoms with van der Waals surface area (Å²) in [4.78, 5) is 8.47. The minimum atomic E-state index is 0.500. The molecule has 3 aromatic rings. The molecular weight excluding hydrogens is 242 g/mol. The zero-order valence-corrected chi connectivity index (χ0v) is 10.3. The van der Waals surface area contributed by atoms with Gasteiger partial charge in [0.2, 0.25) is 11.8 Å². The first-order chi connectivity index (χ1) is 9.36. The fourth-order valence-electron chi connectivity index (χ4n) is 1.82. The average Bonchev–Trinajstić information content (AvgIpc) is 2.93. The van der Waals surface area contributed by atoms with Gasteiger partial charge in [-0.3, -0.25) is 9.97 Å². The van der Waals surface area contributed by atoms with Crippen LogP contribution in [0.25, 0.3) is 22.5 Å². The number of aryl methyl sites for hydroxylation is 1. The van der Waals surface area contributed by atoms with E-state index in [2.05, 4.69) is 20.2 Å². The highest BCUT2D eigenvalue weighted by atomic mass is 16.4. The number of hydrogen-bond donors (Lipinski definition) is 1. The topological polar surface area (TPSA) is 90.7 Å². The van der Waals surface area contributed by atoms with Crippen LogP contribution >= 0.6 is 0 Å². The summed E-state index contributed by atoms with van der Waals surface area (Å²) in [6.45, 7) is 0.614. The first-order valence-corrected chi connectivity index (χ1v) is 6.10. The second-order valence-corrected chi connectivity index (χ2v) is 4.15. The van der Waals surface area contributed by atoms with E-state index in [0.29, 0.717) is 24.7 Å². The molecule has 0 fully saturated rings. The SMILES string of the molecule is NCCCc1nnc(-c2ccc3nccnc3c2)o1. The number of fused-ring (bicyclic) bond motifs is 1. The fourth-order valence-corrected chi connectivity index (χ4v) is 1.82. The molecule has 2 heterocycles. The van der Waals surface area contributed by atoms with E-state index in [4.69, 9.17) is 10.2 Å². The molecule has 6 nitrogen and oxygen atoms in total. The molecule has 0 bridgehead atoms. The second kappa shape index (κ2) is 5.11. The van der Waals surface area contributed by atoms with Gasteiger partial charge >= 0.3 is 0 Å². The molecule has 2 N–H and O–H groups in total. The molecule has 0 amide bonds. The summed E-state index contributed by atoms with van der Waals surface area (Å²) in [5.41, 5.74) is 7.95. The van der Waals surface area contributed by atoms with Gasteiger partial charge in [0, 0.05) is 24.4 Å². The number of aromatic nitrogens is 4. The van der Waals surface area contributed by atoms with E-state index in [-0.39, 0.29) is 0 Å². The van der Waals surface area contributed by atoms with E-state index >= 15 is 0 Å². The van der Waals surface area contributed by atoms with Crippen LogP contribution in [0.3, 0.4) is 0 Å². The van der Waals surface area contributed by atoms with E-state index in [1.165, 1.54) is 0 Å². The summed E-state index contributed by atoms with van der Waals surface area (Å²) < 4.78 is 5.59. The van der Waals surface area contributed by atoms with E-state index in [0.717, 1.165) is 23.0 Å². The van der Waals surface area contributed by atoms with Gasteiger partial charge in [0.1, 0.15) is 0 Å². The number of rotatable bonds is 4. The molecule has 6 heteroatoms. The summed E-state index contributed by atoms with van der Waals surface area (Å²) in [7, 11) is 0. The summed E-state index contributed by atoms with van der Waals surface area (Å²) in [5.74, 6) is 1.11. The third-order valence-electron chi connectivity index (χ3n) is 2.78. The quantitative estimate of drug-likeness (QED) is 0.761. The Bertz CT molecular complexity index is 694. The van der Waals surface area contributed by atoms with Crippen LogP contribution in [0, 0.1) is 0 Å². The van der Waals surface area contributed by atoms with Crippen molar-refractivity contribution >= 4 is 11.0 Å². The first-order valence-electron chi connectivity index (χ1n) is 6.10. The molecule has 0 spiro atoms. The monoisotopic (exact) mass is 255 g/mol. The van der Waals surface area contributed by atoms with Crippen LogP contribution < -0.4 is 5.73 Å². The van der Waals surface area contributed by atoms with Gasteiger partial charge in [-0.1, -0.05) is 0 Å². The molecule has 2 aromatic heterocycles. The van der Waals surface area contributed by atoms with Gasteiger partial charge in [-0.2, -0.15) is 0 Å². The minimum Gasteiger partial charge on any atom is -0.421 e. The van der Waals surface area contributed by atoms with Crippen molar-refractivity contribution in [2.75, 3.05) is 6.54 Å². The zero-order valence-electron chi connectivity index (χ0n) is 10.3. The summed E-state index contributed by atoms with van der Waals surface area (Å²) in [6.07, 6.45) is 4.87. The van der Waals surface area contributed by atoms with Gasteiger partial charge in [0.05, 0.1) is 11.0 Å². The third kappa shape index (κ3) is 2.43. The molecule has 0 unspecified atom stereocenters. The molecule has 0 atom stereocenters. The molecule has 3 rings (SSSR count). The van der Waals surface area contributed by atoms with Gasteiger partial charge in [0.15, 0.2) is 0 Å². The summed E-state index contributed by atoms with van der Waals surface area (Å²) in [5, 5.41) is 8.04. The number of hydrogen-bond acceptors (Lipinski definition) is 6. The predicted molar refractivity (Wildman–Crippen MR) is 70.2 cm³/mol. The lowest BCUT2D eigenvalue weighted by molar-refractivity contribution is 0.499. The van der Waals surface area contributed by atoms with Crippen LogP contribution in [-0.2, 0) is 6.42 Å². The maximum Gasteiger partial charge on any atom is 0.247 e. The summed E-state index contributed by atoms with van der Waals surface area (Å²) >= 11 is 0. The molecule has 0 saturated carbocycles. The second-order valence-electron chi connectivity index (χ2n) is 4.15. The lowest BCUT2D eigenvalue weighted by Crippen LogP contribution is -2.00. The minimum absolute atomic E-state index is 0.500. The van der Waals surface area contributed by atoms with E-state index < -0.39 is 0 Å². The molecule has 0 radical (unpaired) electrons. The fraction of sp³-hybridized carbons (Fsp3) is 0.231. The smallest absolute Gasteiger partial charge is 0.247 e. The standard InChI is InChI=1S/C13H13N5O/c14-5-1-2-12-17-18-13(19-12)9-3-4-10-11(8-9)16-7-6-15-10/h3-4,6-8H,1-2,5,14H2. The maximum absolute atomic E-state index is 5.59. The Labute approximate surface area is 109 Å². The lowest BCUT2D eigenvalue weighted by Gasteiger charge is -1.98. The average molecular weight is 255 g/mol. The number of nitrogens with two attached hydrogens (primary N) is 1. The van der Waals surface area contributed by atoms with Gasteiger partial charge in [0.25, 0.3) is 0 Å². The van der Waals surface area contributed by atoms with Crippen molar-refractivity contribution in [3.8, 4) is 11.5 Å². The van der Waals surface area contributed by atoms with Crippen LogP contribution in [0.1, 0.15) is 12.3 Å². The number of nitrogens with zero attached hydrogens (tertiary/aromatic N) is 4. The van der Waals surface area contributed by atoms with Crippen LogP contribution in [0.15, 0.2) is 35.0 Å². The Hall–Kier alpha value is -2.34. The molecule has 0 aliphatic rings. The van der Waals surface area contributed by atoms with E-state index in [1.54, 1.807) is 12.4 Å². The van der Waals surface area contributed by atoms with Gasteiger partial charge in [-0.25, -0.2) is 0 Å². The van der Waals surface area contributed by atoms with Crippen molar-refractivity contribution in [1.82, 2.24) is 20.2 Å². The largest absolute Gasteiger partial charge is 0.421 e. The van der Waals surface area contributed by atoms with Crippen molar-refractivity contribution in [3.63, 3.8) is 0 Å². The molecular formula is C13H13N5O. The maximum atomic E-state index is 5.59. The molecule has 1 aromatic carbocycles. The molecule has 0 aliphatic heterocycles. The van der Waals surface area contributed by atoms with Gasteiger partial charge < -0.3 is 10.2 Å². The Morgan fingerprint density at radius 2 is 1.89 bits per heavy atom. The highest BCUT2D eigenvalue weighted by Gasteiger charge is 2.09. The normalized spacial score (nSPS) is 11.0. The molecule has 0 saturated heterocycles. The summed E-state index contributed by atoms with van der Waals surface area (Å²) in [6, 6.07) is 5.68. The molecule has 96 valence electrons. The Balaban J connectivity index is 1.92. The van der Waals surface area contributed by atoms with Crippen LogP contribution in [0.4, 0.5) is 0 Å². The third-order valence-corrected chi connectivity index (χ3v) is 2.78. The van der Waals surface area contributed by atoms with Gasteiger partial charge in [-0.15, -0.1) is 10.2 Å². The zero-order chi connectivity index (χ0) is 13.1.